The second kappa shape index (κ2) is 9.84. The molecule has 2 aliphatic rings. The number of rotatable bonds is 10. The molecule has 5 nitrogen and oxygen atoms in total. The lowest BCUT2D eigenvalue weighted by molar-refractivity contribution is -0.216. The lowest BCUT2D eigenvalue weighted by Gasteiger charge is -2.40. The first-order chi connectivity index (χ1) is 14.6. The lowest BCUT2D eigenvalue weighted by Crippen LogP contribution is -2.58. The third kappa shape index (κ3) is 4.98. The van der Waals surface area contributed by atoms with Gasteiger partial charge < -0.3 is 18.9 Å². The summed E-state index contributed by atoms with van der Waals surface area (Å²) in [5.74, 6) is 0.413. The zero-order valence-corrected chi connectivity index (χ0v) is 17.6. The number of benzene rings is 2. The Bertz CT molecular complexity index is 807. The Balaban J connectivity index is 1.37. The number of ether oxygens (including phenoxy) is 4. The lowest BCUT2D eigenvalue weighted by atomic mass is 9.91. The van der Waals surface area contributed by atoms with Gasteiger partial charge in [-0.3, -0.25) is 4.79 Å². The Labute approximate surface area is 178 Å². The van der Waals surface area contributed by atoms with Crippen molar-refractivity contribution in [2.75, 3.05) is 6.61 Å². The summed E-state index contributed by atoms with van der Waals surface area (Å²) in [4.78, 5) is 12.5. The van der Waals surface area contributed by atoms with Gasteiger partial charge in [0.2, 0.25) is 0 Å². The highest BCUT2D eigenvalue weighted by Crippen LogP contribution is 2.39. The number of carbonyl (C=O) groups is 1. The van der Waals surface area contributed by atoms with Crippen molar-refractivity contribution in [3.63, 3.8) is 0 Å². The summed E-state index contributed by atoms with van der Waals surface area (Å²) in [5.41, 5.74) is 2.21. The monoisotopic (exact) mass is 410 g/mol. The minimum absolute atomic E-state index is 0.110. The first-order valence-corrected chi connectivity index (χ1v) is 10.7. The van der Waals surface area contributed by atoms with E-state index >= 15 is 0 Å². The maximum atomic E-state index is 12.5. The average Bonchev–Trinajstić information content (AvgIpc) is 2.98. The van der Waals surface area contributed by atoms with Gasteiger partial charge in [-0.2, -0.15) is 0 Å². The second-order valence-corrected chi connectivity index (χ2v) is 8.49. The minimum Gasteiger partial charge on any atom is -0.374 e. The normalized spacial score (nSPS) is 27.6. The minimum atomic E-state index is -0.487. The van der Waals surface area contributed by atoms with Gasteiger partial charge >= 0.3 is 0 Å². The number of carbonyl (C=O) groups excluding carboxylic acids is 1. The molecular weight excluding hydrogens is 380 g/mol. The van der Waals surface area contributed by atoms with E-state index in [-0.39, 0.29) is 30.2 Å². The molecule has 0 amide bonds. The largest absolute Gasteiger partial charge is 0.374 e. The van der Waals surface area contributed by atoms with Crippen molar-refractivity contribution in [1.82, 2.24) is 0 Å². The number of hydrogen-bond acceptors (Lipinski definition) is 5. The van der Waals surface area contributed by atoms with Crippen LogP contribution in [0.1, 0.15) is 31.4 Å². The van der Waals surface area contributed by atoms with Crippen LogP contribution in [0.15, 0.2) is 60.7 Å². The fourth-order valence-electron chi connectivity index (χ4n) is 4.06. The van der Waals surface area contributed by atoms with Gasteiger partial charge in [-0.05, 0) is 17.0 Å². The highest BCUT2D eigenvalue weighted by molar-refractivity contribution is 5.85. The van der Waals surface area contributed by atoms with Gasteiger partial charge in [0.25, 0.3) is 0 Å². The first kappa shape index (κ1) is 21.2. The number of ketones is 1. The van der Waals surface area contributed by atoms with Crippen LogP contribution in [0.25, 0.3) is 0 Å². The van der Waals surface area contributed by atoms with E-state index in [1.54, 1.807) is 0 Å². The average molecular weight is 411 g/mol. The molecule has 5 heteroatoms. The van der Waals surface area contributed by atoms with Crippen LogP contribution in [0.2, 0.25) is 0 Å². The molecule has 2 saturated heterocycles. The summed E-state index contributed by atoms with van der Waals surface area (Å²) < 4.78 is 24.3. The quantitative estimate of drug-likeness (QED) is 0.594. The molecule has 4 rings (SSSR count). The van der Waals surface area contributed by atoms with E-state index in [1.165, 1.54) is 0 Å². The molecule has 0 saturated carbocycles. The molecule has 0 N–H and O–H groups in total. The van der Waals surface area contributed by atoms with Crippen LogP contribution in [0.5, 0.6) is 0 Å². The van der Waals surface area contributed by atoms with Crippen molar-refractivity contribution in [2.45, 2.75) is 64.0 Å². The van der Waals surface area contributed by atoms with Crippen LogP contribution in [0, 0.1) is 5.92 Å². The predicted octanol–water partition coefficient (Wildman–Crippen LogP) is 3.94. The Hall–Kier alpha value is -2.05. The van der Waals surface area contributed by atoms with E-state index < -0.39 is 6.10 Å². The Morgan fingerprint density at radius 3 is 2.17 bits per heavy atom. The molecule has 0 aliphatic carbocycles. The Kier molecular flexibility index (Phi) is 6.95. The molecule has 2 fully saturated rings. The van der Waals surface area contributed by atoms with Crippen LogP contribution in [-0.2, 0) is 37.0 Å². The van der Waals surface area contributed by atoms with Crippen molar-refractivity contribution in [1.29, 1.82) is 0 Å². The van der Waals surface area contributed by atoms with E-state index in [1.807, 2.05) is 74.5 Å². The molecule has 2 aromatic rings. The van der Waals surface area contributed by atoms with Gasteiger partial charge in [-0.1, -0.05) is 74.5 Å². The van der Waals surface area contributed by atoms with E-state index in [9.17, 15) is 4.79 Å². The van der Waals surface area contributed by atoms with E-state index in [4.69, 9.17) is 18.9 Å². The maximum Gasteiger partial charge on any atom is 0.164 e. The van der Waals surface area contributed by atoms with Gasteiger partial charge in [0, 0.05) is 6.42 Å². The van der Waals surface area contributed by atoms with Crippen molar-refractivity contribution >= 4 is 5.78 Å². The van der Waals surface area contributed by atoms with Crippen LogP contribution < -0.4 is 0 Å². The number of hydrogen-bond donors (Lipinski definition) is 0. The topological polar surface area (TPSA) is 54.0 Å². The van der Waals surface area contributed by atoms with Crippen molar-refractivity contribution < 1.29 is 23.7 Å². The van der Waals surface area contributed by atoms with Gasteiger partial charge in [-0.25, -0.2) is 0 Å². The third-order valence-electron chi connectivity index (χ3n) is 5.55. The maximum absolute atomic E-state index is 12.5. The SMILES string of the molecule is CC(C)CC(=O)[C@H]1O[C@@H]2[C@@H](OCc3ccccc3)[C@@H](COCc3ccccc3)O[C@@H]21. The van der Waals surface area contributed by atoms with E-state index in [0.29, 0.717) is 32.2 Å². The highest BCUT2D eigenvalue weighted by atomic mass is 16.7. The van der Waals surface area contributed by atoms with Crippen LogP contribution in [0.3, 0.4) is 0 Å². The summed E-state index contributed by atoms with van der Waals surface area (Å²) in [7, 11) is 0. The van der Waals surface area contributed by atoms with Gasteiger partial charge in [0.15, 0.2) is 5.78 Å². The molecule has 2 heterocycles. The van der Waals surface area contributed by atoms with E-state index in [0.717, 1.165) is 11.1 Å². The zero-order valence-electron chi connectivity index (χ0n) is 17.6. The van der Waals surface area contributed by atoms with Crippen LogP contribution in [-0.4, -0.2) is 42.9 Å². The van der Waals surface area contributed by atoms with Crippen molar-refractivity contribution in [3.8, 4) is 0 Å². The molecule has 0 aromatic heterocycles. The summed E-state index contributed by atoms with van der Waals surface area (Å²) in [6.07, 6.45) is -0.970. The number of fused-ring (bicyclic) bond motifs is 1. The van der Waals surface area contributed by atoms with Crippen LogP contribution >= 0.6 is 0 Å². The molecule has 0 radical (unpaired) electrons. The molecular formula is C25H30O5. The van der Waals surface area contributed by atoms with Crippen molar-refractivity contribution in [2.24, 2.45) is 5.92 Å². The summed E-state index contributed by atoms with van der Waals surface area (Å²) >= 11 is 0. The Morgan fingerprint density at radius 2 is 1.53 bits per heavy atom. The first-order valence-electron chi connectivity index (χ1n) is 10.7. The Morgan fingerprint density at radius 1 is 0.900 bits per heavy atom. The molecule has 30 heavy (non-hydrogen) atoms. The number of Topliss-reactive ketones (excluding diaryl/α,β-unsaturated/α-hetero) is 1. The fourth-order valence-corrected chi connectivity index (χ4v) is 4.06. The molecule has 0 spiro atoms. The smallest absolute Gasteiger partial charge is 0.164 e. The summed E-state index contributed by atoms with van der Waals surface area (Å²) in [6.45, 7) is 5.46. The summed E-state index contributed by atoms with van der Waals surface area (Å²) in [5, 5.41) is 0. The summed E-state index contributed by atoms with van der Waals surface area (Å²) in [6, 6.07) is 20.1. The van der Waals surface area contributed by atoms with E-state index in [2.05, 4.69) is 0 Å². The van der Waals surface area contributed by atoms with Gasteiger partial charge in [-0.15, -0.1) is 0 Å². The molecule has 0 unspecified atom stereocenters. The standard InChI is InChI=1S/C25H30O5/c1-17(2)13-20(26)22-24-25(30-22)23(28-15-19-11-7-4-8-12-19)21(29-24)16-27-14-18-9-5-3-6-10-18/h3-12,17,21-25H,13-16H2,1-2H3/t21-,22-,23+,24-,25-/m1/s1. The molecule has 5 atom stereocenters. The molecule has 0 bridgehead atoms. The third-order valence-corrected chi connectivity index (χ3v) is 5.55. The predicted molar refractivity (Wildman–Crippen MR) is 113 cm³/mol. The molecule has 2 aromatic carbocycles. The van der Waals surface area contributed by atoms with Crippen molar-refractivity contribution in [3.05, 3.63) is 71.8 Å². The van der Waals surface area contributed by atoms with Gasteiger partial charge in [0.1, 0.15) is 30.5 Å². The second-order valence-electron chi connectivity index (χ2n) is 8.49. The van der Waals surface area contributed by atoms with Gasteiger partial charge in [0.05, 0.1) is 19.8 Å². The molecule has 2 aliphatic heterocycles. The zero-order chi connectivity index (χ0) is 20.9. The fraction of sp³-hybridized carbons (Fsp3) is 0.480. The van der Waals surface area contributed by atoms with Crippen LogP contribution in [0.4, 0.5) is 0 Å². The highest BCUT2D eigenvalue weighted by Gasteiger charge is 2.59. The molecule has 160 valence electrons.